The molecular weight excluding hydrogens is 447 g/mol. The predicted molar refractivity (Wildman–Crippen MR) is 125 cm³/mol. The van der Waals surface area contributed by atoms with Crippen molar-refractivity contribution in [3.05, 3.63) is 48.2 Å². The molecule has 4 heterocycles. The van der Waals surface area contributed by atoms with Crippen molar-refractivity contribution in [2.75, 3.05) is 18.2 Å². The van der Waals surface area contributed by atoms with E-state index in [0.29, 0.717) is 17.1 Å². The number of ether oxygens (including phenoxy) is 1. The van der Waals surface area contributed by atoms with E-state index in [9.17, 15) is 12.8 Å². The van der Waals surface area contributed by atoms with E-state index >= 15 is 0 Å². The second kappa shape index (κ2) is 9.26. The van der Waals surface area contributed by atoms with Crippen LogP contribution in [0.25, 0.3) is 10.9 Å². The number of aliphatic imine (C=N–C) groups is 1. The maximum Gasteiger partial charge on any atom is 0.162 e. The number of sulfone groups is 1. The van der Waals surface area contributed by atoms with Crippen LogP contribution in [0, 0.1) is 5.82 Å². The number of hydrogen-bond acceptors (Lipinski definition) is 9. The molecule has 0 bridgehead atoms. The SMILES string of the molecule is C1CC1.COc1cnc2c(Nc3cc(C4CS(=O)(=O)C(C)C(N)=N4)c(F)cn3)nccc2c1. The molecule has 3 N–H and O–H groups in total. The number of anilines is 2. The third-order valence-electron chi connectivity index (χ3n) is 5.30. The van der Waals surface area contributed by atoms with E-state index in [0.717, 1.165) is 11.6 Å². The summed E-state index contributed by atoms with van der Waals surface area (Å²) in [5, 5.41) is 2.91. The minimum atomic E-state index is -3.53. The van der Waals surface area contributed by atoms with Crippen molar-refractivity contribution in [3.63, 3.8) is 0 Å². The van der Waals surface area contributed by atoms with Gasteiger partial charge in [-0.2, -0.15) is 0 Å². The molecule has 2 unspecified atom stereocenters. The summed E-state index contributed by atoms with van der Waals surface area (Å²) in [4.78, 5) is 16.8. The Hall–Kier alpha value is -3.34. The van der Waals surface area contributed by atoms with E-state index in [1.807, 2.05) is 6.07 Å². The summed E-state index contributed by atoms with van der Waals surface area (Å²) < 4.78 is 44.3. The summed E-state index contributed by atoms with van der Waals surface area (Å²) in [7, 11) is -1.98. The average Bonchev–Trinajstić information content (AvgIpc) is 3.68. The van der Waals surface area contributed by atoms with Gasteiger partial charge in [0.05, 0.1) is 31.3 Å². The van der Waals surface area contributed by atoms with Gasteiger partial charge in [0, 0.05) is 17.1 Å². The van der Waals surface area contributed by atoms with Crippen molar-refractivity contribution < 1.29 is 17.5 Å². The third-order valence-corrected chi connectivity index (χ3v) is 7.40. The van der Waals surface area contributed by atoms with Gasteiger partial charge in [0.1, 0.15) is 34.0 Å². The molecule has 2 aliphatic rings. The summed E-state index contributed by atoms with van der Waals surface area (Å²) in [6.07, 6.45) is 8.66. The number of halogens is 1. The molecule has 3 aromatic rings. The standard InChI is InChI=1S/C19H19FN6O3S.C3H6/c1-10-18(21)25-15(9-30(10,27)28)13-6-16(23-8-14(13)20)26-19-17-11(3-4-22-19)5-12(29-2)7-24-17;1-2-3-1/h3-8,10,15H,9H2,1-2H3,(H2,21,25)(H,22,23,26);1-3H2. The van der Waals surface area contributed by atoms with Gasteiger partial charge in [0.25, 0.3) is 0 Å². The van der Waals surface area contributed by atoms with Crippen LogP contribution >= 0.6 is 0 Å². The Morgan fingerprint density at radius 2 is 1.91 bits per heavy atom. The number of hydrogen-bond donors (Lipinski definition) is 2. The number of amidine groups is 1. The van der Waals surface area contributed by atoms with Gasteiger partial charge in [0.15, 0.2) is 15.7 Å². The number of nitrogens with zero attached hydrogens (tertiary/aromatic N) is 4. The summed E-state index contributed by atoms with van der Waals surface area (Å²) in [6, 6.07) is 4.06. The summed E-state index contributed by atoms with van der Waals surface area (Å²) in [6.45, 7) is 1.47. The Bertz CT molecular complexity index is 1310. The molecule has 0 saturated heterocycles. The first-order chi connectivity index (χ1) is 15.8. The highest BCUT2D eigenvalue weighted by Gasteiger charge is 2.35. The van der Waals surface area contributed by atoms with E-state index in [1.165, 1.54) is 32.3 Å². The number of nitrogens with one attached hydrogen (secondary N) is 1. The molecule has 5 rings (SSSR count). The molecule has 1 aliphatic carbocycles. The molecule has 174 valence electrons. The molecule has 1 saturated carbocycles. The van der Waals surface area contributed by atoms with Crippen molar-refractivity contribution in [3.8, 4) is 5.75 Å². The first kappa shape index (κ1) is 22.8. The topological polar surface area (TPSA) is 132 Å². The van der Waals surface area contributed by atoms with E-state index in [4.69, 9.17) is 10.5 Å². The number of pyridine rings is 3. The van der Waals surface area contributed by atoms with Crippen molar-refractivity contribution >= 4 is 38.2 Å². The fraction of sp³-hybridized carbons (Fsp3) is 0.364. The van der Waals surface area contributed by atoms with Crippen LogP contribution in [0.5, 0.6) is 5.75 Å². The monoisotopic (exact) mass is 472 g/mol. The summed E-state index contributed by atoms with van der Waals surface area (Å²) in [5.41, 5.74) is 6.42. The van der Waals surface area contributed by atoms with E-state index in [-0.39, 0.29) is 23.0 Å². The lowest BCUT2D eigenvalue weighted by Crippen LogP contribution is -2.40. The molecular formula is C22H25FN6O3S. The lowest BCUT2D eigenvalue weighted by molar-refractivity contribution is 0.414. The van der Waals surface area contributed by atoms with Gasteiger partial charge < -0.3 is 15.8 Å². The highest BCUT2D eigenvalue weighted by atomic mass is 32.2. The van der Waals surface area contributed by atoms with Crippen LogP contribution in [0.3, 0.4) is 0 Å². The summed E-state index contributed by atoms with van der Waals surface area (Å²) in [5.74, 6) is 0.252. The molecule has 0 spiro atoms. The second-order valence-electron chi connectivity index (χ2n) is 7.92. The number of aromatic nitrogens is 3. The molecule has 3 aromatic heterocycles. The van der Waals surface area contributed by atoms with Gasteiger partial charge in [-0.25, -0.2) is 27.8 Å². The Labute approximate surface area is 191 Å². The molecule has 11 heteroatoms. The minimum Gasteiger partial charge on any atom is -0.495 e. The van der Waals surface area contributed by atoms with Crippen LogP contribution in [-0.2, 0) is 9.84 Å². The van der Waals surface area contributed by atoms with Crippen molar-refractivity contribution in [2.24, 2.45) is 10.7 Å². The fourth-order valence-corrected chi connectivity index (χ4v) is 4.58. The Morgan fingerprint density at radius 1 is 1.15 bits per heavy atom. The predicted octanol–water partition coefficient (Wildman–Crippen LogP) is 3.30. The Morgan fingerprint density at radius 3 is 2.58 bits per heavy atom. The van der Waals surface area contributed by atoms with Gasteiger partial charge in [-0.15, -0.1) is 0 Å². The smallest absolute Gasteiger partial charge is 0.162 e. The van der Waals surface area contributed by atoms with Crippen LogP contribution in [0.1, 0.15) is 37.8 Å². The Balaban J connectivity index is 0.000000799. The average molecular weight is 473 g/mol. The number of fused-ring (bicyclic) bond motifs is 1. The zero-order valence-electron chi connectivity index (χ0n) is 18.3. The number of rotatable bonds is 4. The lowest BCUT2D eigenvalue weighted by Gasteiger charge is -2.24. The van der Waals surface area contributed by atoms with E-state index < -0.39 is 26.9 Å². The highest BCUT2D eigenvalue weighted by Crippen LogP contribution is 2.30. The third kappa shape index (κ3) is 5.19. The second-order valence-corrected chi connectivity index (χ2v) is 10.3. The molecule has 1 fully saturated rings. The highest BCUT2D eigenvalue weighted by molar-refractivity contribution is 7.92. The quantitative estimate of drug-likeness (QED) is 0.591. The van der Waals surface area contributed by atoms with Crippen LogP contribution in [0.2, 0.25) is 0 Å². The number of methoxy groups -OCH3 is 1. The van der Waals surface area contributed by atoms with Crippen LogP contribution in [0.4, 0.5) is 16.0 Å². The Kier molecular flexibility index (Phi) is 6.41. The normalized spacial score (nSPS) is 20.9. The number of nitrogens with two attached hydrogens (primary N) is 1. The largest absolute Gasteiger partial charge is 0.495 e. The lowest BCUT2D eigenvalue weighted by atomic mass is 10.1. The maximum atomic E-state index is 14.5. The van der Waals surface area contributed by atoms with E-state index in [2.05, 4.69) is 25.3 Å². The van der Waals surface area contributed by atoms with Crippen LogP contribution in [-0.4, -0.2) is 47.3 Å². The van der Waals surface area contributed by atoms with Crippen molar-refractivity contribution in [1.82, 2.24) is 15.0 Å². The first-order valence-corrected chi connectivity index (χ1v) is 12.3. The first-order valence-electron chi connectivity index (χ1n) is 10.5. The zero-order valence-corrected chi connectivity index (χ0v) is 19.1. The van der Waals surface area contributed by atoms with Gasteiger partial charge in [-0.05, 0) is 25.1 Å². The van der Waals surface area contributed by atoms with Gasteiger partial charge in [0.2, 0.25) is 0 Å². The molecule has 0 radical (unpaired) electrons. The van der Waals surface area contributed by atoms with E-state index in [1.54, 1.807) is 25.6 Å². The van der Waals surface area contributed by atoms with Gasteiger partial charge >= 0.3 is 0 Å². The maximum absolute atomic E-state index is 14.5. The molecule has 1 aliphatic heterocycles. The van der Waals surface area contributed by atoms with Crippen LogP contribution < -0.4 is 15.8 Å². The molecule has 9 nitrogen and oxygen atoms in total. The molecule has 2 atom stereocenters. The minimum absolute atomic E-state index is 0.0363. The molecule has 0 amide bonds. The van der Waals surface area contributed by atoms with Gasteiger partial charge in [-0.3, -0.25) is 4.99 Å². The van der Waals surface area contributed by atoms with Gasteiger partial charge in [-0.1, -0.05) is 19.3 Å². The fourth-order valence-electron chi connectivity index (χ4n) is 3.17. The zero-order chi connectivity index (χ0) is 23.6. The molecule has 33 heavy (non-hydrogen) atoms. The molecule has 0 aromatic carbocycles. The van der Waals surface area contributed by atoms with Crippen molar-refractivity contribution in [1.29, 1.82) is 0 Å². The summed E-state index contributed by atoms with van der Waals surface area (Å²) >= 11 is 0. The van der Waals surface area contributed by atoms with Crippen molar-refractivity contribution in [2.45, 2.75) is 37.5 Å². The van der Waals surface area contributed by atoms with Crippen LogP contribution in [0.15, 0.2) is 41.8 Å².